The normalized spacial score (nSPS) is 13.9. The Morgan fingerprint density at radius 1 is 1.43 bits per heavy atom. The van der Waals surface area contributed by atoms with E-state index >= 15 is 0 Å². The van der Waals surface area contributed by atoms with Gasteiger partial charge in [-0.2, -0.15) is 10.2 Å². The van der Waals surface area contributed by atoms with Crippen molar-refractivity contribution in [1.82, 2.24) is 24.9 Å². The molecule has 0 aliphatic heterocycles. The maximum Gasteiger partial charge on any atom is 0.239 e. The number of hydrogen-bond acceptors (Lipinski definition) is 4. The molecule has 0 spiro atoms. The Morgan fingerprint density at radius 3 is 2.76 bits per heavy atom. The zero-order valence-electron chi connectivity index (χ0n) is 12.9. The van der Waals surface area contributed by atoms with E-state index < -0.39 is 0 Å². The van der Waals surface area contributed by atoms with Gasteiger partial charge in [-0.25, -0.2) is 0 Å². The van der Waals surface area contributed by atoms with Gasteiger partial charge in [0.15, 0.2) is 0 Å². The van der Waals surface area contributed by atoms with Crippen LogP contribution in [0.15, 0.2) is 24.5 Å². The van der Waals surface area contributed by atoms with Gasteiger partial charge in [-0.1, -0.05) is 0 Å². The number of carbonyl (C=O) groups excluding carboxylic acids is 1. The molecular formula is C14H22N6O. The van der Waals surface area contributed by atoms with E-state index in [1.54, 1.807) is 17.9 Å². The van der Waals surface area contributed by atoms with Crippen molar-refractivity contribution in [2.24, 2.45) is 7.05 Å². The molecule has 2 aromatic heterocycles. The average molecular weight is 290 g/mol. The minimum absolute atomic E-state index is 0.0856. The van der Waals surface area contributed by atoms with Crippen molar-refractivity contribution in [3.05, 3.63) is 30.2 Å². The molecule has 0 fully saturated rings. The first-order valence-corrected chi connectivity index (χ1v) is 7.00. The van der Waals surface area contributed by atoms with Crippen LogP contribution in [0, 0.1) is 6.92 Å². The Kier molecular flexibility index (Phi) is 4.74. The summed E-state index contributed by atoms with van der Waals surface area (Å²) < 4.78 is 3.53. The monoisotopic (exact) mass is 290 g/mol. The molecule has 0 bridgehead atoms. The molecule has 0 aliphatic rings. The summed E-state index contributed by atoms with van der Waals surface area (Å²) in [6.07, 6.45) is 3.67. The lowest BCUT2D eigenvalue weighted by Crippen LogP contribution is -2.39. The van der Waals surface area contributed by atoms with Crippen LogP contribution < -0.4 is 10.6 Å². The number of nitrogens with zero attached hydrogens (tertiary/aromatic N) is 4. The number of rotatable bonds is 6. The molecule has 2 aromatic rings. The van der Waals surface area contributed by atoms with Crippen LogP contribution in [0.3, 0.4) is 0 Å². The van der Waals surface area contributed by atoms with Crippen LogP contribution in [0.5, 0.6) is 0 Å². The van der Waals surface area contributed by atoms with Gasteiger partial charge in [0.25, 0.3) is 0 Å². The largest absolute Gasteiger partial charge is 0.310 e. The summed E-state index contributed by atoms with van der Waals surface area (Å²) in [5.74, 6) is 0.615. The van der Waals surface area contributed by atoms with Gasteiger partial charge in [0.05, 0.1) is 18.3 Å². The quantitative estimate of drug-likeness (QED) is 0.835. The summed E-state index contributed by atoms with van der Waals surface area (Å²) in [5.41, 5.74) is 0.876. The molecule has 7 nitrogen and oxygen atoms in total. The van der Waals surface area contributed by atoms with E-state index in [0.29, 0.717) is 5.82 Å². The molecular weight excluding hydrogens is 268 g/mol. The van der Waals surface area contributed by atoms with E-state index in [-0.39, 0.29) is 24.5 Å². The second kappa shape index (κ2) is 6.53. The van der Waals surface area contributed by atoms with Crippen LogP contribution in [-0.4, -0.2) is 38.1 Å². The summed E-state index contributed by atoms with van der Waals surface area (Å²) in [6.45, 7) is 6.24. The summed E-state index contributed by atoms with van der Waals surface area (Å²) >= 11 is 0. The van der Waals surface area contributed by atoms with E-state index in [4.69, 9.17) is 0 Å². The third-order valence-corrected chi connectivity index (χ3v) is 3.52. The molecule has 7 heteroatoms. The van der Waals surface area contributed by atoms with Gasteiger partial charge in [-0.05, 0) is 26.8 Å². The second-order valence-electron chi connectivity index (χ2n) is 5.24. The number of amides is 1. The highest BCUT2D eigenvalue weighted by atomic mass is 16.2. The summed E-state index contributed by atoms with van der Waals surface area (Å²) in [5, 5.41) is 14.5. The highest BCUT2D eigenvalue weighted by molar-refractivity contribution is 5.91. The maximum atomic E-state index is 12.0. The SMILES string of the molecule is Cc1cc(NC(=O)CN[C@H](C)[C@H](C)n2cccn2)n(C)n1. The van der Waals surface area contributed by atoms with Gasteiger partial charge in [0.2, 0.25) is 5.91 Å². The molecule has 114 valence electrons. The Labute approximate surface area is 124 Å². The molecule has 1 amide bonds. The van der Waals surface area contributed by atoms with Gasteiger partial charge < -0.3 is 10.6 Å². The van der Waals surface area contributed by atoms with Crippen molar-refractivity contribution in [3.8, 4) is 0 Å². The van der Waals surface area contributed by atoms with E-state index in [9.17, 15) is 4.79 Å². The second-order valence-corrected chi connectivity index (χ2v) is 5.24. The first-order valence-electron chi connectivity index (χ1n) is 7.00. The van der Waals surface area contributed by atoms with Crippen molar-refractivity contribution in [3.63, 3.8) is 0 Å². The van der Waals surface area contributed by atoms with Gasteiger partial charge in [-0.15, -0.1) is 0 Å². The van der Waals surface area contributed by atoms with Crippen molar-refractivity contribution in [2.75, 3.05) is 11.9 Å². The number of nitrogens with one attached hydrogen (secondary N) is 2. The lowest BCUT2D eigenvalue weighted by Gasteiger charge is -2.21. The van der Waals surface area contributed by atoms with Crippen molar-refractivity contribution >= 4 is 11.7 Å². The summed E-state index contributed by atoms with van der Waals surface area (Å²) in [7, 11) is 1.80. The highest BCUT2D eigenvalue weighted by Crippen LogP contribution is 2.09. The van der Waals surface area contributed by atoms with Crippen LogP contribution in [0.4, 0.5) is 5.82 Å². The van der Waals surface area contributed by atoms with Gasteiger partial charge in [0.1, 0.15) is 5.82 Å². The number of hydrogen-bond donors (Lipinski definition) is 2. The molecule has 2 rings (SSSR count). The van der Waals surface area contributed by atoms with Gasteiger partial charge in [0, 0.05) is 31.5 Å². The molecule has 21 heavy (non-hydrogen) atoms. The fourth-order valence-corrected chi connectivity index (χ4v) is 2.09. The fraction of sp³-hybridized carbons (Fsp3) is 0.500. The first kappa shape index (κ1) is 15.2. The number of anilines is 1. The van der Waals surface area contributed by atoms with Gasteiger partial charge >= 0.3 is 0 Å². The van der Waals surface area contributed by atoms with Crippen LogP contribution in [0.1, 0.15) is 25.6 Å². The minimum Gasteiger partial charge on any atom is -0.310 e. The maximum absolute atomic E-state index is 12.0. The van der Waals surface area contributed by atoms with E-state index in [0.717, 1.165) is 5.69 Å². The predicted octanol–water partition coefficient (Wildman–Crippen LogP) is 1.10. The lowest BCUT2D eigenvalue weighted by atomic mass is 10.2. The molecule has 2 atom stereocenters. The molecule has 0 saturated carbocycles. The van der Waals surface area contributed by atoms with E-state index in [2.05, 4.69) is 27.8 Å². The zero-order valence-corrected chi connectivity index (χ0v) is 12.9. The number of carbonyl (C=O) groups is 1. The number of aryl methyl sites for hydroxylation is 2. The van der Waals surface area contributed by atoms with Crippen molar-refractivity contribution in [1.29, 1.82) is 0 Å². The summed E-state index contributed by atoms with van der Waals surface area (Å²) in [4.78, 5) is 12.0. The van der Waals surface area contributed by atoms with Crippen molar-refractivity contribution < 1.29 is 4.79 Å². The van der Waals surface area contributed by atoms with Crippen LogP contribution in [0.2, 0.25) is 0 Å². The van der Waals surface area contributed by atoms with E-state index in [1.807, 2.05) is 36.9 Å². The third kappa shape index (κ3) is 3.91. The molecule has 2 heterocycles. The molecule has 0 saturated heterocycles. The Bertz CT molecular complexity index is 589. The predicted molar refractivity (Wildman–Crippen MR) is 81.0 cm³/mol. The van der Waals surface area contributed by atoms with Crippen molar-refractivity contribution in [2.45, 2.75) is 32.9 Å². The standard InChI is InChI=1S/C14H22N6O/c1-10-8-13(19(4)18-10)17-14(21)9-15-11(2)12(3)20-7-5-6-16-20/h5-8,11-12,15H,9H2,1-4H3,(H,17,21)/t11-,12+/m1/s1. The molecule has 0 radical (unpaired) electrons. The first-order chi connectivity index (χ1) is 9.97. The van der Waals surface area contributed by atoms with Crippen LogP contribution >= 0.6 is 0 Å². The van der Waals surface area contributed by atoms with Crippen LogP contribution in [0.25, 0.3) is 0 Å². The fourth-order valence-electron chi connectivity index (χ4n) is 2.09. The molecule has 0 aliphatic carbocycles. The lowest BCUT2D eigenvalue weighted by molar-refractivity contribution is -0.115. The van der Waals surface area contributed by atoms with Gasteiger partial charge in [-0.3, -0.25) is 14.2 Å². The topological polar surface area (TPSA) is 76.8 Å². The molecule has 0 aromatic carbocycles. The van der Waals surface area contributed by atoms with E-state index in [1.165, 1.54) is 0 Å². The Morgan fingerprint density at radius 2 is 2.19 bits per heavy atom. The molecule has 0 unspecified atom stereocenters. The zero-order chi connectivity index (χ0) is 15.4. The Hall–Kier alpha value is -2.15. The smallest absolute Gasteiger partial charge is 0.239 e. The third-order valence-electron chi connectivity index (χ3n) is 3.52. The Balaban J connectivity index is 1.82. The average Bonchev–Trinajstić information content (AvgIpc) is 3.06. The molecule has 2 N–H and O–H groups in total. The van der Waals surface area contributed by atoms with Crippen LogP contribution in [-0.2, 0) is 11.8 Å². The number of aromatic nitrogens is 4. The minimum atomic E-state index is -0.0856. The summed E-state index contributed by atoms with van der Waals surface area (Å²) in [6, 6.07) is 4.03. The highest BCUT2D eigenvalue weighted by Gasteiger charge is 2.15.